The topological polar surface area (TPSA) is 9.23 Å². The summed E-state index contributed by atoms with van der Waals surface area (Å²) in [5.41, 5.74) is 0.368. The number of ether oxygens (including phenoxy) is 1. The van der Waals surface area contributed by atoms with Crippen molar-refractivity contribution in [1.29, 1.82) is 0 Å². The highest BCUT2D eigenvalue weighted by atomic mass is 79.9. The minimum Gasteiger partial charge on any atom is -0.376 e. The van der Waals surface area contributed by atoms with E-state index < -0.39 is 0 Å². The van der Waals surface area contributed by atoms with Crippen LogP contribution in [0.15, 0.2) is 15.9 Å². The molecule has 0 fully saturated rings. The molecule has 1 aromatic heterocycles. The maximum atomic E-state index is 5.62. The van der Waals surface area contributed by atoms with Crippen molar-refractivity contribution >= 4 is 27.3 Å². The third-order valence-electron chi connectivity index (χ3n) is 1.92. The van der Waals surface area contributed by atoms with Crippen LogP contribution in [0, 0.1) is 5.41 Å². The summed E-state index contributed by atoms with van der Waals surface area (Å²) in [5, 5.41) is 2.08. The van der Waals surface area contributed by atoms with Crippen molar-refractivity contribution in [3.8, 4) is 0 Å². The van der Waals surface area contributed by atoms with Crippen molar-refractivity contribution in [2.24, 2.45) is 5.41 Å². The number of rotatable bonds is 4. The van der Waals surface area contributed by atoms with Gasteiger partial charge in [-0.2, -0.15) is 0 Å². The quantitative estimate of drug-likeness (QED) is 0.738. The van der Waals surface area contributed by atoms with Crippen molar-refractivity contribution in [3.05, 3.63) is 20.8 Å². The molecule has 1 nitrogen and oxygen atoms in total. The van der Waals surface area contributed by atoms with Gasteiger partial charge in [-0.1, -0.05) is 20.8 Å². The molecule has 1 rings (SSSR count). The van der Waals surface area contributed by atoms with Gasteiger partial charge in [-0.3, -0.25) is 0 Å². The van der Waals surface area contributed by atoms with Gasteiger partial charge in [0.25, 0.3) is 0 Å². The third kappa shape index (κ3) is 4.58. The van der Waals surface area contributed by atoms with Gasteiger partial charge in [0.05, 0.1) is 6.61 Å². The second kappa shape index (κ2) is 5.29. The average Bonchev–Trinajstić information content (AvgIpc) is 2.44. The van der Waals surface area contributed by atoms with Gasteiger partial charge in [0.2, 0.25) is 0 Å². The predicted molar refractivity (Wildman–Crippen MR) is 65.7 cm³/mol. The Labute approximate surface area is 98.6 Å². The molecule has 0 amide bonds. The Hall–Kier alpha value is 0.140. The van der Waals surface area contributed by atoms with Gasteiger partial charge in [-0.05, 0) is 39.2 Å². The Bertz CT molecular complexity index is 275. The van der Waals surface area contributed by atoms with E-state index in [9.17, 15) is 0 Å². The SMILES string of the molecule is CC(C)(C)CCOCc1sccc1Br. The van der Waals surface area contributed by atoms with Gasteiger partial charge < -0.3 is 4.74 Å². The highest BCUT2D eigenvalue weighted by Gasteiger charge is 2.09. The molecule has 0 N–H and O–H groups in total. The van der Waals surface area contributed by atoms with E-state index in [2.05, 4.69) is 48.1 Å². The predicted octanol–water partition coefficient (Wildman–Crippen LogP) is 4.46. The van der Waals surface area contributed by atoms with Crippen LogP contribution in [0.25, 0.3) is 0 Å². The van der Waals surface area contributed by atoms with Crippen molar-refractivity contribution in [2.75, 3.05) is 6.61 Å². The Balaban J connectivity index is 2.20. The van der Waals surface area contributed by atoms with E-state index in [1.54, 1.807) is 11.3 Å². The molecule has 0 saturated carbocycles. The number of hydrogen-bond acceptors (Lipinski definition) is 2. The van der Waals surface area contributed by atoms with Gasteiger partial charge in [0, 0.05) is 16.0 Å². The molecule has 14 heavy (non-hydrogen) atoms. The lowest BCUT2D eigenvalue weighted by Gasteiger charge is -2.17. The molecule has 0 aliphatic carbocycles. The molecule has 1 heterocycles. The molecule has 3 heteroatoms. The molecule has 0 radical (unpaired) electrons. The molecule has 0 bridgehead atoms. The van der Waals surface area contributed by atoms with Crippen LogP contribution in [0.4, 0.5) is 0 Å². The van der Waals surface area contributed by atoms with E-state index in [-0.39, 0.29) is 0 Å². The number of halogens is 1. The molecule has 0 atom stereocenters. The van der Waals surface area contributed by atoms with Crippen LogP contribution in [0.2, 0.25) is 0 Å². The summed E-state index contributed by atoms with van der Waals surface area (Å²) in [4.78, 5) is 1.28. The Morgan fingerprint density at radius 1 is 1.43 bits per heavy atom. The lowest BCUT2D eigenvalue weighted by atomic mass is 9.93. The zero-order chi connectivity index (χ0) is 10.6. The van der Waals surface area contributed by atoms with Crippen LogP contribution in [-0.2, 0) is 11.3 Å². The number of thiophene rings is 1. The minimum absolute atomic E-state index is 0.368. The smallest absolute Gasteiger partial charge is 0.0820 e. The highest BCUT2D eigenvalue weighted by Crippen LogP contribution is 2.24. The lowest BCUT2D eigenvalue weighted by molar-refractivity contribution is 0.0977. The Kier molecular flexibility index (Phi) is 4.61. The molecule has 1 aromatic rings. The van der Waals surface area contributed by atoms with Crippen molar-refractivity contribution < 1.29 is 4.74 Å². The van der Waals surface area contributed by atoms with Gasteiger partial charge in [0.1, 0.15) is 0 Å². The summed E-state index contributed by atoms with van der Waals surface area (Å²) in [5.74, 6) is 0. The summed E-state index contributed by atoms with van der Waals surface area (Å²) in [6.07, 6.45) is 1.11. The largest absolute Gasteiger partial charge is 0.376 e. The highest BCUT2D eigenvalue weighted by molar-refractivity contribution is 9.10. The van der Waals surface area contributed by atoms with E-state index in [4.69, 9.17) is 4.74 Å². The Morgan fingerprint density at radius 2 is 2.14 bits per heavy atom. The van der Waals surface area contributed by atoms with Crippen molar-refractivity contribution in [1.82, 2.24) is 0 Å². The molecule has 0 saturated heterocycles. The third-order valence-corrected chi connectivity index (χ3v) is 3.82. The first-order valence-corrected chi connectivity index (χ1v) is 6.46. The van der Waals surface area contributed by atoms with Crippen LogP contribution >= 0.6 is 27.3 Å². The number of hydrogen-bond donors (Lipinski definition) is 0. The van der Waals surface area contributed by atoms with Crippen LogP contribution in [0.3, 0.4) is 0 Å². The van der Waals surface area contributed by atoms with E-state index in [0.29, 0.717) is 5.41 Å². The van der Waals surface area contributed by atoms with Gasteiger partial charge in [-0.15, -0.1) is 11.3 Å². The van der Waals surface area contributed by atoms with Crippen LogP contribution < -0.4 is 0 Å². The lowest BCUT2D eigenvalue weighted by Crippen LogP contribution is -2.09. The van der Waals surface area contributed by atoms with Gasteiger partial charge in [-0.25, -0.2) is 0 Å². The summed E-state index contributed by atoms with van der Waals surface area (Å²) < 4.78 is 6.78. The standard InChI is InChI=1S/C11H17BrOS/c1-11(2,3)5-6-13-8-10-9(12)4-7-14-10/h4,7H,5-6,8H2,1-3H3. The average molecular weight is 277 g/mol. The Morgan fingerprint density at radius 3 is 2.64 bits per heavy atom. The fourth-order valence-corrected chi connectivity index (χ4v) is 2.37. The monoisotopic (exact) mass is 276 g/mol. The summed E-state index contributed by atoms with van der Waals surface area (Å²) in [6, 6.07) is 2.06. The summed E-state index contributed by atoms with van der Waals surface area (Å²) in [7, 11) is 0. The molecule has 80 valence electrons. The molecule has 0 aliphatic rings. The van der Waals surface area contributed by atoms with E-state index in [0.717, 1.165) is 19.6 Å². The first kappa shape index (κ1) is 12.2. The summed E-state index contributed by atoms with van der Waals surface area (Å²) in [6.45, 7) is 8.27. The summed E-state index contributed by atoms with van der Waals surface area (Å²) >= 11 is 5.22. The van der Waals surface area contributed by atoms with Crippen LogP contribution in [0.1, 0.15) is 32.1 Å². The van der Waals surface area contributed by atoms with Crippen LogP contribution in [-0.4, -0.2) is 6.61 Å². The fourth-order valence-electron chi connectivity index (χ4n) is 0.971. The van der Waals surface area contributed by atoms with Crippen LogP contribution in [0.5, 0.6) is 0 Å². The minimum atomic E-state index is 0.368. The second-order valence-corrected chi connectivity index (χ2v) is 6.41. The van der Waals surface area contributed by atoms with Crippen molar-refractivity contribution in [3.63, 3.8) is 0 Å². The fraction of sp³-hybridized carbons (Fsp3) is 0.636. The molecular formula is C11H17BrOS. The molecule has 0 aliphatic heterocycles. The van der Waals surface area contributed by atoms with E-state index in [1.165, 1.54) is 9.35 Å². The van der Waals surface area contributed by atoms with Gasteiger partial charge in [0.15, 0.2) is 0 Å². The van der Waals surface area contributed by atoms with Crippen molar-refractivity contribution in [2.45, 2.75) is 33.8 Å². The second-order valence-electron chi connectivity index (χ2n) is 4.55. The zero-order valence-electron chi connectivity index (χ0n) is 8.97. The molecule has 0 aromatic carbocycles. The molecular weight excluding hydrogens is 260 g/mol. The van der Waals surface area contributed by atoms with Gasteiger partial charge >= 0.3 is 0 Å². The van der Waals surface area contributed by atoms with E-state index in [1.807, 2.05) is 0 Å². The van der Waals surface area contributed by atoms with E-state index >= 15 is 0 Å². The first-order chi connectivity index (χ1) is 6.49. The normalized spacial score (nSPS) is 12.0. The maximum Gasteiger partial charge on any atom is 0.0820 e. The molecule has 0 spiro atoms. The first-order valence-electron chi connectivity index (χ1n) is 4.79. The zero-order valence-corrected chi connectivity index (χ0v) is 11.4. The molecule has 0 unspecified atom stereocenters. The maximum absolute atomic E-state index is 5.62.